The van der Waals surface area contributed by atoms with Crippen molar-refractivity contribution in [2.24, 2.45) is 11.8 Å². The summed E-state index contributed by atoms with van der Waals surface area (Å²) in [7, 11) is 0. The van der Waals surface area contributed by atoms with Crippen LogP contribution in [0.4, 0.5) is 11.4 Å². The Bertz CT molecular complexity index is 914. The van der Waals surface area contributed by atoms with E-state index in [-0.39, 0.29) is 23.8 Å². The topological polar surface area (TPSA) is 49.9 Å². The second-order valence-corrected chi connectivity index (χ2v) is 8.37. The molecule has 30 heavy (non-hydrogen) atoms. The molecule has 4 atom stereocenters. The first-order chi connectivity index (χ1) is 14.6. The van der Waals surface area contributed by atoms with Crippen LogP contribution < -0.4 is 9.96 Å². The molecule has 2 saturated heterocycles. The van der Waals surface area contributed by atoms with Gasteiger partial charge in [-0.05, 0) is 49.1 Å². The zero-order valence-electron chi connectivity index (χ0n) is 18.0. The highest BCUT2D eigenvalue weighted by molar-refractivity contribution is 6.23. The van der Waals surface area contributed by atoms with E-state index in [0.717, 1.165) is 36.9 Å². The summed E-state index contributed by atoms with van der Waals surface area (Å²) >= 11 is 0. The van der Waals surface area contributed by atoms with E-state index in [9.17, 15) is 9.59 Å². The van der Waals surface area contributed by atoms with Crippen LogP contribution in [0.5, 0.6) is 0 Å². The molecule has 0 aliphatic carbocycles. The van der Waals surface area contributed by atoms with Crippen LogP contribution in [0.15, 0.2) is 54.6 Å². The number of rotatable bonds is 7. The van der Waals surface area contributed by atoms with E-state index >= 15 is 0 Å². The van der Waals surface area contributed by atoms with Crippen LogP contribution in [0.25, 0.3) is 0 Å². The number of anilines is 2. The smallest absolute Gasteiger partial charge is 0.266 e. The number of hydroxylamine groups is 1. The molecule has 2 aliphatic rings. The van der Waals surface area contributed by atoms with Crippen LogP contribution in [0.1, 0.15) is 45.1 Å². The zero-order valence-corrected chi connectivity index (χ0v) is 18.0. The first kappa shape index (κ1) is 20.6. The lowest BCUT2D eigenvalue weighted by Crippen LogP contribution is -2.44. The summed E-state index contributed by atoms with van der Waals surface area (Å²) in [5, 5.41) is 1.85. The molecule has 2 aliphatic heterocycles. The zero-order chi connectivity index (χ0) is 21.3. The number of imide groups is 1. The largest absolute Gasteiger partial charge is 0.273 e. The number of hydrogen-bond donors (Lipinski definition) is 0. The minimum absolute atomic E-state index is 0.144. The molecule has 0 unspecified atom stereocenters. The Morgan fingerprint density at radius 2 is 1.70 bits per heavy atom. The molecule has 5 heteroatoms. The molecule has 2 fully saturated rings. The number of para-hydroxylation sites is 1. The van der Waals surface area contributed by atoms with Crippen molar-refractivity contribution in [1.82, 2.24) is 0 Å². The van der Waals surface area contributed by atoms with Gasteiger partial charge >= 0.3 is 0 Å². The van der Waals surface area contributed by atoms with E-state index < -0.39 is 12.0 Å². The van der Waals surface area contributed by atoms with E-state index in [1.165, 1.54) is 4.90 Å². The van der Waals surface area contributed by atoms with E-state index in [1.807, 2.05) is 66.6 Å². The minimum Gasteiger partial charge on any atom is -0.273 e. The van der Waals surface area contributed by atoms with Crippen LogP contribution in [0.3, 0.4) is 0 Å². The fourth-order valence-electron chi connectivity index (χ4n) is 4.84. The maximum Gasteiger partial charge on any atom is 0.266 e. The summed E-state index contributed by atoms with van der Waals surface area (Å²) in [6, 6.07) is 17.2. The predicted octanol–water partition coefficient (Wildman–Crippen LogP) is 4.89. The van der Waals surface area contributed by atoms with Crippen LogP contribution in [0, 0.1) is 18.8 Å². The van der Waals surface area contributed by atoms with Gasteiger partial charge in [0.25, 0.3) is 5.91 Å². The number of fused-ring (bicyclic) bond motifs is 1. The number of unbranched alkanes of at least 4 members (excludes halogenated alkanes) is 1. The summed E-state index contributed by atoms with van der Waals surface area (Å²) in [6.45, 7) is 6.30. The third-order valence-electron chi connectivity index (χ3n) is 6.37. The van der Waals surface area contributed by atoms with Gasteiger partial charge in [-0.1, -0.05) is 63.4 Å². The molecule has 2 heterocycles. The fourth-order valence-corrected chi connectivity index (χ4v) is 4.84. The molecule has 2 aromatic carbocycles. The van der Waals surface area contributed by atoms with Crippen molar-refractivity contribution < 1.29 is 14.4 Å². The maximum atomic E-state index is 13.6. The van der Waals surface area contributed by atoms with Crippen molar-refractivity contribution in [2.45, 2.75) is 58.6 Å². The fraction of sp³-hybridized carbons (Fsp3) is 0.440. The Hall–Kier alpha value is -2.66. The lowest BCUT2D eigenvalue weighted by molar-refractivity contribution is -0.126. The molecule has 158 valence electrons. The van der Waals surface area contributed by atoms with Crippen LogP contribution >= 0.6 is 0 Å². The molecule has 0 spiro atoms. The van der Waals surface area contributed by atoms with Crippen LogP contribution in [0.2, 0.25) is 0 Å². The minimum atomic E-state index is -0.765. The van der Waals surface area contributed by atoms with Gasteiger partial charge in [0, 0.05) is 0 Å². The Kier molecular flexibility index (Phi) is 5.91. The summed E-state index contributed by atoms with van der Waals surface area (Å²) < 4.78 is 0. The lowest BCUT2D eigenvalue weighted by atomic mass is 9.82. The summed E-state index contributed by atoms with van der Waals surface area (Å²) in [5.41, 5.74) is 2.55. The van der Waals surface area contributed by atoms with E-state index in [4.69, 9.17) is 4.84 Å². The van der Waals surface area contributed by atoms with E-state index in [2.05, 4.69) is 13.8 Å². The van der Waals surface area contributed by atoms with Gasteiger partial charge in [0.15, 0.2) is 6.10 Å². The van der Waals surface area contributed by atoms with Crippen LogP contribution in [-0.2, 0) is 14.4 Å². The number of carbonyl (C=O) groups is 2. The standard InChI is InChI=1S/C25H30N2O3/c1-4-6-12-18(5-2)22-21-23(30-27(22)19-13-8-7-9-14-19)25(29)26(24(21)28)20-15-10-11-17(3)16-20/h7-11,13-16,18,21-23H,4-6,12H2,1-3H3/t18-,21-,22-,23-/m1/s1. The van der Waals surface area contributed by atoms with Gasteiger partial charge in [0.1, 0.15) is 0 Å². The van der Waals surface area contributed by atoms with Crippen molar-refractivity contribution in [2.75, 3.05) is 9.96 Å². The quantitative estimate of drug-likeness (QED) is 0.614. The Morgan fingerprint density at radius 3 is 2.37 bits per heavy atom. The lowest BCUT2D eigenvalue weighted by Gasteiger charge is -2.33. The van der Waals surface area contributed by atoms with E-state index in [0.29, 0.717) is 5.69 Å². The van der Waals surface area contributed by atoms with Gasteiger partial charge in [-0.15, -0.1) is 0 Å². The predicted molar refractivity (Wildman–Crippen MR) is 118 cm³/mol. The summed E-state index contributed by atoms with van der Waals surface area (Å²) in [4.78, 5) is 34.5. The maximum absolute atomic E-state index is 13.6. The van der Waals surface area contributed by atoms with Crippen molar-refractivity contribution in [3.05, 3.63) is 60.2 Å². The number of benzene rings is 2. The molecule has 0 saturated carbocycles. The van der Waals surface area contributed by atoms with Gasteiger partial charge in [-0.2, -0.15) is 0 Å². The monoisotopic (exact) mass is 406 g/mol. The molecule has 0 aromatic heterocycles. The Morgan fingerprint density at radius 1 is 0.967 bits per heavy atom. The molecule has 0 N–H and O–H groups in total. The molecule has 5 nitrogen and oxygen atoms in total. The molecule has 2 aromatic rings. The van der Waals surface area contributed by atoms with Crippen LogP contribution in [-0.4, -0.2) is 24.0 Å². The Labute approximate surface area is 178 Å². The summed E-state index contributed by atoms with van der Waals surface area (Å²) in [5.74, 6) is -0.618. The third-order valence-corrected chi connectivity index (χ3v) is 6.37. The average molecular weight is 407 g/mol. The molecule has 4 rings (SSSR count). The molecule has 0 bridgehead atoms. The van der Waals surface area contributed by atoms with Gasteiger partial charge in [-0.25, -0.2) is 9.96 Å². The number of carbonyl (C=O) groups excluding carboxylic acids is 2. The molecular weight excluding hydrogens is 376 g/mol. The first-order valence-electron chi connectivity index (χ1n) is 11.0. The molecular formula is C25H30N2O3. The second-order valence-electron chi connectivity index (χ2n) is 8.37. The summed E-state index contributed by atoms with van der Waals surface area (Å²) in [6.07, 6.45) is 3.38. The van der Waals surface area contributed by atoms with Gasteiger partial charge < -0.3 is 0 Å². The highest BCUT2D eigenvalue weighted by atomic mass is 16.7. The second kappa shape index (κ2) is 8.60. The molecule has 2 amide bonds. The highest BCUT2D eigenvalue weighted by Crippen LogP contribution is 2.44. The van der Waals surface area contributed by atoms with Crippen molar-refractivity contribution >= 4 is 23.2 Å². The van der Waals surface area contributed by atoms with Gasteiger partial charge in [0.2, 0.25) is 5.91 Å². The average Bonchev–Trinajstić information content (AvgIpc) is 3.26. The van der Waals surface area contributed by atoms with E-state index in [1.54, 1.807) is 0 Å². The highest BCUT2D eigenvalue weighted by Gasteiger charge is 2.61. The van der Waals surface area contributed by atoms with Crippen molar-refractivity contribution in [3.63, 3.8) is 0 Å². The normalized spacial score (nSPS) is 24.4. The third kappa shape index (κ3) is 3.52. The first-order valence-corrected chi connectivity index (χ1v) is 11.0. The number of aryl methyl sites for hydroxylation is 1. The molecule has 0 radical (unpaired) electrons. The van der Waals surface area contributed by atoms with Crippen molar-refractivity contribution in [3.8, 4) is 0 Å². The number of hydrogen-bond acceptors (Lipinski definition) is 4. The van der Waals surface area contributed by atoms with Gasteiger partial charge in [0.05, 0.1) is 23.3 Å². The Balaban J connectivity index is 1.72. The van der Waals surface area contributed by atoms with Gasteiger partial charge in [-0.3, -0.25) is 14.4 Å². The SMILES string of the molecule is CCCC[C@@H](CC)[C@@H]1[C@H]2C(=O)N(c3cccc(C)c3)C(=O)[C@@H]2ON1c1ccccc1. The number of nitrogens with zero attached hydrogens (tertiary/aromatic N) is 2. The van der Waals surface area contributed by atoms with Crippen molar-refractivity contribution in [1.29, 1.82) is 0 Å². The number of amides is 2.